The molecule has 1 fully saturated rings. The van der Waals surface area contributed by atoms with Crippen molar-refractivity contribution in [3.8, 4) is 0 Å². The number of hydrogen-bond acceptors (Lipinski definition) is 6. The molecule has 10 heteroatoms. The highest BCUT2D eigenvalue weighted by Gasteiger charge is 2.20. The lowest BCUT2D eigenvalue weighted by Crippen LogP contribution is -2.19. The lowest BCUT2D eigenvalue weighted by molar-refractivity contribution is 0.601. The van der Waals surface area contributed by atoms with Crippen LogP contribution >= 0.6 is 23.2 Å². The van der Waals surface area contributed by atoms with Crippen LogP contribution in [0.2, 0.25) is 10.0 Å². The van der Waals surface area contributed by atoms with E-state index in [9.17, 15) is 8.42 Å². The average Bonchev–Trinajstić information content (AvgIpc) is 3.26. The van der Waals surface area contributed by atoms with Crippen molar-refractivity contribution in [2.24, 2.45) is 0 Å². The van der Waals surface area contributed by atoms with E-state index >= 15 is 0 Å². The highest BCUT2D eigenvalue weighted by Crippen LogP contribution is 2.30. The first-order chi connectivity index (χ1) is 15.2. The van der Waals surface area contributed by atoms with E-state index in [1.807, 2.05) is 13.0 Å². The smallest absolute Gasteiger partial charge is 0.263 e. The highest BCUT2D eigenvalue weighted by molar-refractivity contribution is 7.92. The fourth-order valence-corrected chi connectivity index (χ4v) is 5.43. The van der Waals surface area contributed by atoms with E-state index < -0.39 is 10.0 Å². The van der Waals surface area contributed by atoms with E-state index in [2.05, 4.69) is 24.9 Å². The number of nitrogens with one attached hydrogen (secondary N) is 2. The molecule has 7 nitrogen and oxygen atoms in total. The molecule has 1 saturated heterocycles. The number of anilines is 4. The maximum atomic E-state index is 12.8. The number of aryl methyl sites for hydroxylation is 2. The van der Waals surface area contributed by atoms with Crippen molar-refractivity contribution in [3.63, 3.8) is 0 Å². The topological polar surface area (TPSA) is 87.2 Å². The quantitative estimate of drug-likeness (QED) is 0.470. The van der Waals surface area contributed by atoms with Gasteiger partial charge in [0.15, 0.2) is 0 Å². The molecule has 2 heterocycles. The predicted molar refractivity (Wildman–Crippen MR) is 130 cm³/mol. The summed E-state index contributed by atoms with van der Waals surface area (Å²) in [4.78, 5) is 11.2. The second-order valence-corrected chi connectivity index (χ2v) is 10.2. The Morgan fingerprint density at radius 1 is 0.906 bits per heavy atom. The molecule has 2 aromatic carbocycles. The summed E-state index contributed by atoms with van der Waals surface area (Å²) in [6.07, 6.45) is 2.34. The molecular formula is C22H23Cl2N5O2S. The minimum absolute atomic E-state index is 0.0193. The van der Waals surface area contributed by atoms with Gasteiger partial charge in [0.1, 0.15) is 22.4 Å². The summed E-state index contributed by atoms with van der Waals surface area (Å²) in [5.74, 6) is 2.30. The van der Waals surface area contributed by atoms with Crippen molar-refractivity contribution in [1.82, 2.24) is 9.97 Å². The Hall–Kier alpha value is -2.55. The second kappa shape index (κ2) is 9.13. The molecule has 0 radical (unpaired) electrons. The number of rotatable bonds is 6. The molecule has 0 bridgehead atoms. The molecule has 32 heavy (non-hydrogen) atoms. The van der Waals surface area contributed by atoms with Gasteiger partial charge in [0.25, 0.3) is 10.0 Å². The van der Waals surface area contributed by atoms with E-state index in [0.717, 1.165) is 24.6 Å². The normalized spacial score (nSPS) is 13.9. The molecule has 0 unspecified atom stereocenters. The van der Waals surface area contributed by atoms with Gasteiger partial charge in [0.2, 0.25) is 0 Å². The van der Waals surface area contributed by atoms with Crippen LogP contribution in [0.15, 0.2) is 47.4 Å². The third kappa shape index (κ3) is 5.09. The van der Waals surface area contributed by atoms with Crippen molar-refractivity contribution in [2.45, 2.75) is 31.6 Å². The molecule has 1 aliphatic rings. The number of aromatic nitrogens is 2. The molecule has 0 saturated carbocycles. The van der Waals surface area contributed by atoms with Gasteiger partial charge in [-0.3, -0.25) is 4.72 Å². The van der Waals surface area contributed by atoms with Gasteiger partial charge < -0.3 is 10.2 Å². The van der Waals surface area contributed by atoms with Gasteiger partial charge in [-0.05, 0) is 68.7 Å². The van der Waals surface area contributed by atoms with Crippen LogP contribution in [0.4, 0.5) is 23.0 Å². The molecule has 0 aliphatic carbocycles. The fraction of sp³-hybridized carbons (Fsp3) is 0.273. The first-order valence-electron chi connectivity index (χ1n) is 10.2. The Kier molecular flexibility index (Phi) is 6.46. The minimum Gasteiger partial charge on any atom is -0.356 e. The van der Waals surface area contributed by atoms with Crippen LogP contribution in [0, 0.1) is 13.8 Å². The van der Waals surface area contributed by atoms with Crippen molar-refractivity contribution in [1.29, 1.82) is 0 Å². The first-order valence-corrected chi connectivity index (χ1v) is 12.4. The standard InChI is InChI=1S/C22H23Cl2N5O2S/c1-14-11-20(19(24)12-18(14)23)32(30,31)28-17-7-5-16(6-8-17)27-21-13-22(26-15(2)25-21)29-9-3-4-10-29/h5-8,11-13,28H,3-4,9-10H2,1-2H3,(H,25,26,27). The molecule has 0 atom stereocenters. The van der Waals surface area contributed by atoms with Gasteiger partial charge in [-0.1, -0.05) is 23.2 Å². The van der Waals surface area contributed by atoms with Crippen LogP contribution in [0.3, 0.4) is 0 Å². The Bertz CT molecular complexity index is 1240. The summed E-state index contributed by atoms with van der Waals surface area (Å²) in [7, 11) is -3.86. The molecule has 4 rings (SSSR count). The molecule has 2 N–H and O–H groups in total. The van der Waals surface area contributed by atoms with Gasteiger partial charge in [0.05, 0.1) is 5.02 Å². The zero-order chi connectivity index (χ0) is 22.9. The average molecular weight is 492 g/mol. The highest BCUT2D eigenvalue weighted by atomic mass is 35.5. The Labute approximate surface area is 197 Å². The maximum absolute atomic E-state index is 12.8. The van der Waals surface area contributed by atoms with Gasteiger partial charge >= 0.3 is 0 Å². The van der Waals surface area contributed by atoms with Gasteiger partial charge in [0, 0.05) is 35.6 Å². The molecule has 0 spiro atoms. The van der Waals surface area contributed by atoms with E-state index in [1.165, 1.54) is 25.0 Å². The van der Waals surface area contributed by atoms with E-state index in [0.29, 0.717) is 27.9 Å². The largest absolute Gasteiger partial charge is 0.356 e. The Balaban J connectivity index is 1.50. The summed E-state index contributed by atoms with van der Waals surface area (Å²) in [5.41, 5.74) is 1.82. The van der Waals surface area contributed by atoms with Crippen LogP contribution in [-0.2, 0) is 10.0 Å². The zero-order valence-corrected chi connectivity index (χ0v) is 20.0. The van der Waals surface area contributed by atoms with Crippen LogP contribution in [-0.4, -0.2) is 31.5 Å². The van der Waals surface area contributed by atoms with E-state index in [1.54, 1.807) is 31.2 Å². The third-order valence-electron chi connectivity index (χ3n) is 5.17. The Morgan fingerprint density at radius 3 is 2.25 bits per heavy atom. The fourth-order valence-electron chi connectivity index (χ4n) is 3.54. The van der Waals surface area contributed by atoms with Crippen molar-refractivity contribution >= 4 is 56.2 Å². The predicted octanol–water partition coefficient (Wildman–Crippen LogP) is 5.54. The number of benzene rings is 2. The second-order valence-electron chi connectivity index (χ2n) is 7.69. The zero-order valence-electron chi connectivity index (χ0n) is 17.7. The number of hydrogen-bond donors (Lipinski definition) is 2. The molecular weight excluding hydrogens is 469 g/mol. The number of sulfonamides is 1. The van der Waals surface area contributed by atoms with E-state index in [-0.39, 0.29) is 9.92 Å². The van der Waals surface area contributed by atoms with Crippen LogP contribution in [0.1, 0.15) is 24.2 Å². The van der Waals surface area contributed by atoms with Crippen molar-refractivity contribution in [3.05, 3.63) is 63.9 Å². The molecule has 3 aromatic rings. The molecule has 1 aliphatic heterocycles. The number of halogens is 2. The lowest BCUT2D eigenvalue weighted by Gasteiger charge is -2.18. The maximum Gasteiger partial charge on any atom is 0.263 e. The van der Waals surface area contributed by atoms with Crippen molar-refractivity contribution in [2.75, 3.05) is 28.0 Å². The lowest BCUT2D eigenvalue weighted by atomic mass is 10.2. The molecule has 168 valence electrons. The van der Waals surface area contributed by atoms with Gasteiger partial charge in [-0.2, -0.15) is 0 Å². The van der Waals surface area contributed by atoms with Crippen LogP contribution in [0.25, 0.3) is 0 Å². The van der Waals surface area contributed by atoms with Crippen molar-refractivity contribution < 1.29 is 8.42 Å². The monoisotopic (exact) mass is 491 g/mol. The summed E-state index contributed by atoms with van der Waals surface area (Å²) >= 11 is 12.1. The SMILES string of the molecule is Cc1nc(Nc2ccc(NS(=O)(=O)c3cc(C)c(Cl)cc3Cl)cc2)cc(N2CCCC2)n1. The summed E-state index contributed by atoms with van der Waals surface area (Å²) < 4.78 is 28.1. The summed E-state index contributed by atoms with van der Waals surface area (Å²) in [5, 5.41) is 3.75. The minimum atomic E-state index is -3.86. The molecule has 0 amide bonds. The number of nitrogens with zero attached hydrogens (tertiary/aromatic N) is 3. The van der Waals surface area contributed by atoms with E-state index in [4.69, 9.17) is 23.2 Å². The molecule has 1 aromatic heterocycles. The van der Waals surface area contributed by atoms with Crippen LogP contribution < -0.4 is 14.9 Å². The summed E-state index contributed by atoms with van der Waals surface area (Å²) in [6, 6.07) is 11.7. The Morgan fingerprint density at radius 2 is 1.56 bits per heavy atom. The summed E-state index contributed by atoms with van der Waals surface area (Å²) in [6.45, 7) is 5.60. The van der Waals surface area contributed by atoms with Crippen LogP contribution in [0.5, 0.6) is 0 Å². The van der Waals surface area contributed by atoms with Gasteiger partial charge in [-0.15, -0.1) is 0 Å². The van der Waals surface area contributed by atoms with Gasteiger partial charge in [-0.25, -0.2) is 18.4 Å². The third-order valence-corrected chi connectivity index (χ3v) is 7.42. The first kappa shape index (κ1) is 22.6.